The summed E-state index contributed by atoms with van der Waals surface area (Å²) in [5.41, 5.74) is -1.08. The molecule has 2 aromatic heterocycles. The van der Waals surface area contributed by atoms with E-state index in [0.29, 0.717) is 42.8 Å². The van der Waals surface area contributed by atoms with Crippen molar-refractivity contribution in [3.8, 4) is 11.8 Å². The number of rotatable bonds is 4. The summed E-state index contributed by atoms with van der Waals surface area (Å²) in [5, 5.41) is 23.4. The van der Waals surface area contributed by atoms with E-state index in [9.17, 15) is 33.0 Å². The number of H-pyrrole nitrogens is 1. The summed E-state index contributed by atoms with van der Waals surface area (Å²) in [6.07, 6.45) is 0.626. The molecule has 6 rings (SSSR count). The molecule has 1 aliphatic heterocycles. The number of nitrogens with zero attached hydrogens (tertiary/aromatic N) is 2. The monoisotopic (exact) mass is 611 g/mol. The van der Waals surface area contributed by atoms with Crippen molar-refractivity contribution in [1.29, 1.82) is 0 Å². The second-order valence-corrected chi connectivity index (χ2v) is 12.8. The van der Waals surface area contributed by atoms with E-state index in [1.54, 1.807) is 11.3 Å². The van der Waals surface area contributed by atoms with Crippen molar-refractivity contribution in [1.82, 2.24) is 14.9 Å². The zero-order valence-electron chi connectivity index (χ0n) is 23.5. The van der Waals surface area contributed by atoms with Crippen LogP contribution in [0.15, 0.2) is 40.5 Å². The van der Waals surface area contributed by atoms with Crippen LogP contribution in [0.2, 0.25) is 0 Å². The van der Waals surface area contributed by atoms with Crippen LogP contribution in [0.4, 0.5) is 13.2 Å². The van der Waals surface area contributed by atoms with Gasteiger partial charge in [-0.15, -0.1) is 11.3 Å². The highest BCUT2D eigenvalue weighted by atomic mass is 32.1. The van der Waals surface area contributed by atoms with Gasteiger partial charge in [0.15, 0.2) is 6.10 Å². The molecule has 1 unspecified atom stereocenters. The average molecular weight is 612 g/mol. The Morgan fingerprint density at radius 2 is 1.88 bits per heavy atom. The predicted molar refractivity (Wildman–Crippen MR) is 154 cm³/mol. The molecule has 2 saturated carbocycles. The first-order chi connectivity index (χ1) is 20.5. The number of benzene rings is 1. The Balaban J connectivity index is 1.21. The lowest BCUT2D eigenvalue weighted by atomic mass is 9.85. The summed E-state index contributed by atoms with van der Waals surface area (Å²) in [4.78, 5) is 36.7. The van der Waals surface area contributed by atoms with Crippen molar-refractivity contribution in [2.45, 2.75) is 87.6 Å². The standard InChI is InChI=1S/C32H32F3N3O4S/c33-32(34,35)22-7-4-6-21(17-22)26(39)28(41)38-15-5-8-24-23(18-38)27(40)37-29(36-24)31(13-14-31)25-16-20(19-43-25)9-12-30(42)10-2-1-3-11-30/h4,6-7,16-17,19,26,39,42H,1-3,5,8,10-11,13-15,18H2,(H,36,37,40). The minimum atomic E-state index is -4.61. The van der Waals surface area contributed by atoms with Gasteiger partial charge >= 0.3 is 6.18 Å². The van der Waals surface area contributed by atoms with Crippen molar-refractivity contribution in [2.24, 2.45) is 0 Å². The Bertz CT molecular complexity index is 1660. The zero-order chi connectivity index (χ0) is 30.4. The third-order valence-electron chi connectivity index (χ3n) is 8.76. The maximum absolute atomic E-state index is 13.4. The van der Waals surface area contributed by atoms with E-state index in [-0.39, 0.29) is 24.2 Å². The van der Waals surface area contributed by atoms with Gasteiger partial charge in [0.1, 0.15) is 11.4 Å². The van der Waals surface area contributed by atoms with Crippen LogP contribution in [0, 0.1) is 11.8 Å². The summed E-state index contributed by atoms with van der Waals surface area (Å²) in [6, 6.07) is 6.09. The molecule has 0 bridgehead atoms. The molecular formula is C32H32F3N3O4S. The Morgan fingerprint density at radius 3 is 2.60 bits per heavy atom. The molecule has 11 heteroatoms. The first-order valence-electron chi connectivity index (χ1n) is 14.6. The molecule has 2 aliphatic carbocycles. The number of aliphatic hydroxyl groups is 2. The quantitative estimate of drug-likeness (QED) is 0.361. The number of alkyl halides is 3. The number of carbonyl (C=O) groups is 1. The number of aromatic nitrogens is 2. The number of amides is 1. The number of aromatic amines is 1. The fourth-order valence-electron chi connectivity index (χ4n) is 6.06. The smallest absolute Gasteiger partial charge is 0.378 e. The third-order valence-corrected chi connectivity index (χ3v) is 9.90. The molecule has 1 atom stereocenters. The molecule has 0 radical (unpaired) electrons. The maximum Gasteiger partial charge on any atom is 0.416 e. The van der Waals surface area contributed by atoms with Crippen molar-refractivity contribution >= 4 is 17.2 Å². The molecule has 3 aromatic rings. The van der Waals surface area contributed by atoms with Gasteiger partial charge in [0.05, 0.1) is 28.8 Å². The second kappa shape index (κ2) is 11.2. The molecule has 226 valence electrons. The number of aliphatic hydroxyl groups excluding tert-OH is 1. The van der Waals surface area contributed by atoms with E-state index >= 15 is 0 Å². The summed E-state index contributed by atoms with van der Waals surface area (Å²) in [5.74, 6) is 6.03. The van der Waals surface area contributed by atoms with Crippen LogP contribution in [0.3, 0.4) is 0 Å². The number of fused-ring (bicyclic) bond motifs is 1. The fourth-order valence-corrected chi connectivity index (χ4v) is 7.17. The van der Waals surface area contributed by atoms with Gasteiger partial charge in [-0.25, -0.2) is 4.98 Å². The molecule has 0 saturated heterocycles. The number of halogens is 3. The minimum Gasteiger partial charge on any atom is -0.378 e. The number of nitrogens with one attached hydrogen (secondary N) is 1. The summed E-state index contributed by atoms with van der Waals surface area (Å²) >= 11 is 1.56. The first-order valence-corrected chi connectivity index (χ1v) is 15.5. The van der Waals surface area contributed by atoms with Gasteiger partial charge in [0.25, 0.3) is 11.5 Å². The van der Waals surface area contributed by atoms with Gasteiger partial charge < -0.3 is 20.1 Å². The zero-order valence-corrected chi connectivity index (χ0v) is 24.3. The van der Waals surface area contributed by atoms with E-state index < -0.39 is 34.8 Å². The van der Waals surface area contributed by atoms with E-state index in [1.807, 2.05) is 11.4 Å². The molecule has 1 aromatic carbocycles. The average Bonchev–Trinajstić information content (AvgIpc) is 3.71. The SMILES string of the molecule is O=C(C(O)c1cccc(C(F)(F)F)c1)N1CCCc2nc(C3(c4cc(C#CC5(O)CCCCC5)cs4)CC3)[nH]c(=O)c2C1. The van der Waals surface area contributed by atoms with Gasteiger partial charge in [0.2, 0.25) is 0 Å². The highest BCUT2D eigenvalue weighted by Crippen LogP contribution is 2.54. The van der Waals surface area contributed by atoms with Crippen LogP contribution in [0.5, 0.6) is 0 Å². The third kappa shape index (κ3) is 6.01. The Labute approximate surface area is 250 Å². The van der Waals surface area contributed by atoms with Crippen molar-refractivity contribution < 1.29 is 28.2 Å². The fraction of sp³-hybridized carbons (Fsp3) is 0.469. The number of thiophene rings is 1. The number of aryl methyl sites for hydroxylation is 1. The maximum atomic E-state index is 13.4. The predicted octanol–water partition coefficient (Wildman–Crippen LogP) is 4.99. The Hall–Kier alpha value is -3.46. The van der Waals surface area contributed by atoms with Crippen molar-refractivity contribution in [3.05, 3.63) is 84.7 Å². The lowest BCUT2D eigenvalue weighted by molar-refractivity contribution is -0.142. The second-order valence-electron chi connectivity index (χ2n) is 11.9. The Morgan fingerprint density at radius 1 is 1.12 bits per heavy atom. The van der Waals surface area contributed by atoms with Gasteiger partial charge in [-0.2, -0.15) is 13.2 Å². The van der Waals surface area contributed by atoms with Gasteiger partial charge in [0, 0.05) is 22.4 Å². The van der Waals surface area contributed by atoms with Crippen LogP contribution in [0.1, 0.15) is 96.1 Å². The summed E-state index contributed by atoms with van der Waals surface area (Å²) < 4.78 is 39.5. The minimum absolute atomic E-state index is 0.0958. The van der Waals surface area contributed by atoms with Gasteiger partial charge in [-0.05, 0) is 75.1 Å². The van der Waals surface area contributed by atoms with Crippen molar-refractivity contribution in [3.63, 3.8) is 0 Å². The largest absolute Gasteiger partial charge is 0.416 e. The van der Waals surface area contributed by atoms with Crippen LogP contribution in [-0.4, -0.2) is 43.1 Å². The van der Waals surface area contributed by atoms with Crippen LogP contribution >= 0.6 is 11.3 Å². The topological polar surface area (TPSA) is 107 Å². The summed E-state index contributed by atoms with van der Waals surface area (Å²) in [6.45, 7) is 0.131. The highest BCUT2D eigenvalue weighted by Gasteiger charge is 2.50. The van der Waals surface area contributed by atoms with Gasteiger partial charge in [-0.1, -0.05) is 30.4 Å². The van der Waals surface area contributed by atoms with E-state index in [1.165, 1.54) is 11.0 Å². The van der Waals surface area contributed by atoms with Crippen molar-refractivity contribution in [2.75, 3.05) is 6.54 Å². The number of carbonyl (C=O) groups excluding carboxylic acids is 1. The number of hydrogen-bond acceptors (Lipinski definition) is 6. The molecule has 7 nitrogen and oxygen atoms in total. The summed E-state index contributed by atoms with van der Waals surface area (Å²) in [7, 11) is 0. The molecule has 0 spiro atoms. The molecule has 3 N–H and O–H groups in total. The molecule has 43 heavy (non-hydrogen) atoms. The van der Waals surface area contributed by atoms with E-state index in [4.69, 9.17) is 4.98 Å². The van der Waals surface area contributed by atoms with E-state index in [0.717, 1.165) is 60.7 Å². The van der Waals surface area contributed by atoms with Crippen LogP contribution in [-0.2, 0) is 29.4 Å². The first kappa shape index (κ1) is 29.6. The van der Waals surface area contributed by atoms with Gasteiger partial charge in [-0.3, -0.25) is 9.59 Å². The van der Waals surface area contributed by atoms with Crippen LogP contribution in [0.25, 0.3) is 0 Å². The number of hydrogen-bond donors (Lipinski definition) is 3. The normalized spacial score (nSPS) is 19.9. The lowest BCUT2D eigenvalue weighted by Gasteiger charge is -2.26. The molecule has 3 aliphatic rings. The van der Waals surface area contributed by atoms with Crippen LogP contribution < -0.4 is 5.56 Å². The Kier molecular flexibility index (Phi) is 7.73. The van der Waals surface area contributed by atoms with E-state index in [2.05, 4.69) is 16.8 Å². The molecule has 3 heterocycles. The highest BCUT2D eigenvalue weighted by molar-refractivity contribution is 7.10. The molecule has 2 fully saturated rings. The lowest BCUT2D eigenvalue weighted by Crippen LogP contribution is -2.36. The molecule has 1 amide bonds. The molecular weight excluding hydrogens is 579 g/mol.